The zero-order valence-corrected chi connectivity index (χ0v) is 21.6. The number of methoxy groups -OCH3 is 2. The van der Waals surface area contributed by atoms with Gasteiger partial charge in [0.15, 0.2) is 11.5 Å². The fourth-order valence-electron chi connectivity index (χ4n) is 4.87. The van der Waals surface area contributed by atoms with E-state index in [1.54, 1.807) is 23.1 Å². The van der Waals surface area contributed by atoms with Crippen molar-refractivity contribution >= 4 is 11.8 Å². The molecule has 11 nitrogen and oxygen atoms in total. The second kappa shape index (κ2) is 13.7. The zero-order chi connectivity index (χ0) is 26.9. The lowest BCUT2D eigenvalue weighted by Crippen LogP contribution is -2.56. The predicted octanol–water partition coefficient (Wildman–Crippen LogP) is 0.102. The molecule has 2 amide bonds. The number of benzene rings is 1. The quantitative estimate of drug-likeness (QED) is 0.250. The minimum atomic E-state index is -1.16. The molecule has 1 aliphatic heterocycles. The third-order valence-corrected chi connectivity index (χ3v) is 6.59. The molecule has 0 radical (unpaired) electrons. The Bertz CT molecular complexity index is 968. The summed E-state index contributed by atoms with van der Waals surface area (Å²) in [5, 5.41) is 33.2. The van der Waals surface area contributed by atoms with Crippen molar-refractivity contribution in [3.63, 3.8) is 0 Å². The Balaban J connectivity index is 2.05. The second-order valence-electron chi connectivity index (χ2n) is 8.90. The molecule has 4 unspecified atom stereocenters. The first-order chi connectivity index (χ1) is 17.9. The third kappa shape index (κ3) is 6.42. The van der Waals surface area contributed by atoms with Crippen LogP contribution in [0, 0.1) is 0 Å². The first-order valence-corrected chi connectivity index (χ1v) is 12.5. The van der Waals surface area contributed by atoms with Gasteiger partial charge in [0.25, 0.3) is 0 Å². The number of hydrogen-bond acceptors (Lipinski definition) is 9. The van der Waals surface area contributed by atoms with Crippen molar-refractivity contribution in [1.82, 2.24) is 10.2 Å². The van der Waals surface area contributed by atoms with E-state index in [1.165, 1.54) is 14.2 Å². The van der Waals surface area contributed by atoms with Gasteiger partial charge in [-0.25, -0.2) is 0 Å². The fraction of sp³-hybridized carbons (Fsp3) is 0.615. The summed E-state index contributed by atoms with van der Waals surface area (Å²) < 4.78 is 22.2. The monoisotopic (exact) mass is 522 g/mol. The van der Waals surface area contributed by atoms with Gasteiger partial charge in [-0.1, -0.05) is 0 Å². The van der Waals surface area contributed by atoms with Crippen LogP contribution >= 0.6 is 0 Å². The Kier molecular flexibility index (Phi) is 10.7. The standard InChI is InChI=1S/C26H38N2O9/c1-4-36-10-5-8-28(21(31)6-11-34-2)19-14-18(26(33)27-7-9-29)22-17-12-16(15-30)13-20(35-3)24(17)37-25(22)23(19)32/h12-14,19,22-23,25,29-30,32H,4-11,15H2,1-3H3,(H,27,33). The molecule has 0 aromatic heterocycles. The lowest BCUT2D eigenvalue weighted by atomic mass is 9.77. The van der Waals surface area contributed by atoms with Gasteiger partial charge in [-0.05, 0) is 37.1 Å². The summed E-state index contributed by atoms with van der Waals surface area (Å²) in [6.07, 6.45) is 0.218. The molecule has 1 aromatic rings. The lowest BCUT2D eigenvalue weighted by Gasteiger charge is -2.40. The highest BCUT2D eigenvalue weighted by Crippen LogP contribution is 2.51. The summed E-state index contributed by atoms with van der Waals surface area (Å²) in [5.41, 5.74) is 1.47. The Morgan fingerprint density at radius 3 is 2.62 bits per heavy atom. The topological polar surface area (TPSA) is 147 Å². The van der Waals surface area contributed by atoms with Crippen molar-refractivity contribution in [2.24, 2.45) is 0 Å². The van der Waals surface area contributed by atoms with Crippen molar-refractivity contribution in [2.45, 2.75) is 50.5 Å². The van der Waals surface area contributed by atoms with Crippen molar-refractivity contribution < 1.29 is 43.9 Å². The van der Waals surface area contributed by atoms with E-state index in [9.17, 15) is 24.9 Å². The molecule has 1 heterocycles. The number of carbonyl (C=O) groups is 2. The first kappa shape index (κ1) is 28.9. The summed E-state index contributed by atoms with van der Waals surface area (Å²) in [7, 11) is 2.98. The van der Waals surface area contributed by atoms with Crippen molar-refractivity contribution in [3.8, 4) is 11.5 Å². The van der Waals surface area contributed by atoms with Crippen molar-refractivity contribution in [2.75, 3.05) is 53.7 Å². The molecule has 4 N–H and O–H groups in total. The van der Waals surface area contributed by atoms with Crippen LogP contribution in [0.1, 0.15) is 36.8 Å². The van der Waals surface area contributed by atoms with E-state index in [4.69, 9.17) is 18.9 Å². The van der Waals surface area contributed by atoms with Crippen molar-refractivity contribution in [3.05, 3.63) is 34.9 Å². The number of rotatable bonds is 14. The maximum absolute atomic E-state index is 13.3. The number of carbonyl (C=O) groups excluding carboxylic acids is 2. The van der Waals surface area contributed by atoms with Gasteiger partial charge in [0, 0.05) is 44.5 Å². The molecule has 37 heavy (non-hydrogen) atoms. The van der Waals surface area contributed by atoms with E-state index in [0.29, 0.717) is 54.4 Å². The molecule has 0 spiro atoms. The van der Waals surface area contributed by atoms with Crippen LogP contribution in [0.3, 0.4) is 0 Å². The summed E-state index contributed by atoms with van der Waals surface area (Å²) in [4.78, 5) is 28.0. The minimum absolute atomic E-state index is 0.0410. The molecule has 1 aliphatic carbocycles. The highest BCUT2D eigenvalue weighted by Gasteiger charge is 2.51. The van der Waals surface area contributed by atoms with E-state index >= 15 is 0 Å². The molecule has 0 saturated carbocycles. The zero-order valence-electron chi connectivity index (χ0n) is 21.6. The Labute approximate surface area is 216 Å². The van der Waals surface area contributed by atoms with Crippen LogP contribution < -0.4 is 14.8 Å². The molecule has 1 aromatic carbocycles. The van der Waals surface area contributed by atoms with Gasteiger partial charge in [0.1, 0.15) is 12.2 Å². The van der Waals surface area contributed by atoms with Gasteiger partial charge < -0.3 is 44.5 Å². The number of nitrogens with one attached hydrogen (secondary N) is 1. The van der Waals surface area contributed by atoms with Gasteiger partial charge in [0.2, 0.25) is 11.8 Å². The Morgan fingerprint density at radius 1 is 1.19 bits per heavy atom. The van der Waals surface area contributed by atoms with E-state index < -0.39 is 30.1 Å². The number of amides is 2. The summed E-state index contributed by atoms with van der Waals surface area (Å²) in [6, 6.07) is 2.52. The van der Waals surface area contributed by atoms with Crippen LogP contribution in [-0.2, 0) is 25.7 Å². The summed E-state index contributed by atoms with van der Waals surface area (Å²) in [6.45, 7) is 2.94. The summed E-state index contributed by atoms with van der Waals surface area (Å²) in [5.74, 6) is -0.588. The average molecular weight is 523 g/mol. The van der Waals surface area contributed by atoms with E-state index in [1.807, 2.05) is 6.92 Å². The fourth-order valence-corrected chi connectivity index (χ4v) is 4.87. The van der Waals surface area contributed by atoms with Crippen LogP contribution in [0.2, 0.25) is 0 Å². The summed E-state index contributed by atoms with van der Waals surface area (Å²) >= 11 is 0. The number of aliphatic hydroxyl groups is 3. The average Bonchev–Trinajstić information content (AvgIpc) is 3.30. The maximum atomic E-state index is 13.3. The van der Waals surface area contributed by atoms with Crippen molar-refractivity contribution in [1.29, 1.82) is 0 Å². The molecule has 0 fully saturated rings. The Morgan fingerprint density at radius 2 is 1.97 bits per heavy atom. The van der Waals surface area contributed by atoms with E-state index in [-0.39, 0.29) is 38.7 Å². The van der Waals surface area contributed by atoms with Gasteiger partial charge >= 0.3 is 0 Å². The molecule has 0 saturated heterocycles. The molecule has 2 aliphatic rings. The molecule has 4 atom stereocenters. The number of nitrogens with zero attached hydrogens (tertiary/aromatic N) is 1. The van der Waals surface area contributed by atoms with Gasteiger partial charge in [0.05, 0.1) is 45.3 Å². The Hall–Kier alpha value is -2.70. The molecule has 206 valence electrons. The SMILES string of the molecule is CCOCCCN(C(=O)CCOC)C1C=C(C(=O)NCCO)C2c3cc(CO)cc(OC)c3OC2C1O. The highest BCUT2D eigenvalue weighted by molar-refractivity contribution is 5.96. The lowest BCUT2D eigenvalue weighted by molar-refractivity contribution is -0.138. The van der Waals surface area contributed by atoms with E-state index in [2.05, 4.69) is 5.32 Å². The van der Waals surface area contributed by atoms with Gasteiger partial charge in [-0.15, -0.1) is 0 Å². The highest BCUT2D eigenvalue weighted by atomic mass is 16.5. The van der Waals surface area contributed by atoms with Gasteiger partial charge in [-0.2, -0.15) is 0 Å². The minimum Gasteiger partial charge on any atom is -0.493 e. The second-order valence-corrected chi connectivity index (χ2v) is 8.90. The number of fused-ring (bicyclic) bond motifs is 3. The predicted molar refractivity (Wildman–Crippen MR) is 133 cm³/mol. The van der Waals surface area contributed by atoms with Crippen LogP contribution in [-0.4, -0.2) is 104 Å². The third-order valence-electron chi connectivity index (χ3n) is 6.59. The van der Waals surface area contributed by atoms with Crippen LogP contribution in [0.5, 0.6) is 11.5 Å². The van der Waals surface area contributed by atoms with E-state index in [0.717, 1.165) is 0 Å². The number of aliphatic hydroxyl groups excluding tert-OH is 3. The number of hydrogen-bond donors (Lipinski definition) is 4. The normalized spacial score (nSPS) is 21.9. The number of ether oxygens (including phenoxy) is 4. The molecular weight excluding hydrogens is 484 g/mol. The van der Waals surface area contributed by atoms with Crippen LogP contribution in [0.4, 0.5) is 0 Å². The smallest absolute Gasteiger partial charge is 0.247 e. The largest absolute Gasteiger partial charge is 0.493 e. The van der Waals surface area contributed by atoms with Gasteiger partial charge in [-0.3, -0.25) is 9.59 Å². The van der Waals surface area contributed by atoms with Crippen LogP contribution in [0.25, 0.3) is 0 Å². The first-order valence-electron chi connectivity index (χ1n) is 12.5. The molecule has 3 rings (SSSR count). The molecule has 0 bridgehead atoms. The van der Waals surface area contributed by atoms with Crippen LogP contribution in [0.15, 0.2) is 23.8 Å². The molecule has 11 heteroatoms. The molecular formula is C26H38N2O9. The maximum Gasteiger partial charge on any atom is 0.247 e.